The van der Waals surface area contributed by atoms with E-state index in [1.54, 1.807) is 0 Å². The van der Waals surface area contributed by atoms with Crippen molar-refractivity contribution in [3.8, 4) is 0 Å². The molecule has 2 heterocycles. The van der Waals surface area contributed by atoms with Gasteiger partial charge in [0, 0.05) is 33.2 Å². The first-order valence-corrected chi connectivity index (χ1v) is 9.95. The van der Waals surface area contributed by atoms with Crippen molar-refractivity contribution in [2.75, 3.05) is 26.7 Å². The number of para-hydroxylation sites is 2. The molecule has 0 saturated heterocycles. The number of rotatable bonds is 5. The fourth-order valence-corrected chi connectivity index (χ4v) is 3.75. The molecule has 1 aliphatic heterocycles. The maximum atomic E-state index is 4.48. The molecule has 0 bridgehead atoms. The summed E-state index contributed by atoms with van der Waals surface area (Å²) in [6.07, 6.45) is 6.33. The average molecular weight is 374 g/mol. The average Bonchev–Trinajstić information content (AvgIpc) is 3.18. The summed E-state index contributed by atoms with van der Waals surface area (Å²) in [7, 11) is 1.86. The number of hydrogen-bond donors (Lipinski definition) is 1. The fraction of sp³-hybridized carbons (Fsp3) is 0.304. The summed E-state index contributed by atoms with van der Waals surface area (Å²) >= 11 is 0. The maximum absolute atomic E-state index is 4.48. The molecule has 1 aliphatic rings. The number of aromatic nitrogens is 2. The van der Waals surface area contributed by atoms with Gasteiger partial charge in [-0.25, -0.2) is 4.98 Å². The van der Waals surface area contributed by atoms with Gasteiger partial charge in [0.15, 0.2) is 5.96 Å². The monoisotopic (exact) mass is 373 g/mol. The highest BCUT2D eigenvalue weighted by molar-refractivity contribution is 5.81. The second kappa shape index (κ2) is 8.74. The SMILES string of the molecule is CN=C(NCCCn1cnc2ccccc21)N1CC=C(c2ccccc2)CC1. The van der Waals surface area contributed by atoms with Crippen LogP contribution in [0.3, 0.4) is 0 Å². The number of aryl methyl sites for hydroxylation is 1. The smallest absolute Gasteiger partial charge is 0.193 e. The van der Waals surface area contributed by atoms with Crippen LogP contribution in [-0.2, 0) is 6.54 Å². The van der Waals surface area contributed by atoms with Crippen LogP contribution < -0.4 is 5.32 Å². The Labute approximate surface area is 166 Å². The lowest BCUT2D eigenvalue weighted by molar-refractivity contribution is 0.438. The summed E-state index contributed by atoms with van der Waals surface area (Å²) in [6.45, 7) is 3.73. The van der Waals surface area contributed by atoms with E-state index in [2.05, 4.69) is 79.4 Å². The Morgan fingerprint density at radius 1 is 1.11 bits per heavy atom. The number of nitrogens with one attached hydrogen (secondary N) is 1. The van der Waals surface area contributed by atoms with Crippen molar-refractivity contribution in [1.82, 2.24) is 19.8 Å². The number of guanidine groups is 1. The van der Waals surface area contributed by atoms with Gasteiger partial charge >= 0.3 is 0 Å². The van der Waals surface area contributed by atoms with Crippen LogP contribution in [0.1, 0.15) is 18.4 Å². The minimum atomic E-state index is 0.894. The van der Waals surface area contributed by atoms with Gasteiger partial charge in [-0.3, -0.25) is 4.99 Å². The van der Waals surface area contributed by atoms with Gasteiger partial charge in [0.25, 0.3) is 0 Å². The molecule has 28 heavy (non-hydrogen) atoms. The van der Waals surface area contributed by atoms with E-state index in [0.717, 1.165) is 50.5 Å². The molecule has 0 spiro atoms. The fourth-order valence-electron chi connectivity index (χ4n) is 3.75. The molecule has 3 aromatic rings. The summed E-state index contributed by atoms with van der Waals surface area (Å²) in [5, 5.41) is 3.52. The Balaban J connectivity index is 1.28. The summed E-state index contributed by atoms with van der Waals surface area (Å²) in [5.41, 5.74) is 5.01. The minimum Gasteiger partial charge on any atom is -0.356 e. The van der Waals surface area contributed by atoms with Crippen LogP contribution in [0.2, 0.25) is 0 Å². The first-order valence-electron chi connectivity index (χ1n) is 9.95. The summed E-state index contributed by atoms with van der Waals surface area (Å²) in [6, 6.07) is 18.9. The van der Waals surface area contributed by atoms with E-state index in [-0.39, 0.29) is 0 Å². The van der Waals surface area contributed by atoms with Crippen molar-refractivity contribution in [1.29, 1.82) is 0 Å². The summed E-state index contributed by atoms with van der Waals surface area (Å²) < 4.78 is 2.22. The van der Waals surface area contributed by atoms with Crippen LogP contribution in [0.4, 0.5) is 0 Å². The van der Waals surface area contributed by atoms with Crippen molar-refractivity contribution in [2.45, 2.75) is 19.4 Å². The van der Waals surface area contributed by atoms with Crippen molar-refractivity contribution >= 4 is 22.6 Å². The number of nitrogens with zero attached hydrogens (tertiary/aromatic N) is 4. The van der Waals surface area contributed by atoms with Gasteiger partial charge in [-0.2, -0.15) is 0 Å². The molecular formula is C23H27N5. The molecule has 0 saturated carbocycles. The van der Waals surface area contributed by atoms with Gasteiger partial charge in [-0.15, -0.1) is 0 Å². The molecule has 1 aromatic heterocycles. The zero-order valence-electron chi connectivity index (χ0n) is 16.4. The topological polar surface area (TPSA) is 45.5 Å². The molecule has 5 heteroatoms. The Bertz CT molecular complexity index is 971. The van der Waals surface area contributed by atoms with Crippen LogP contribution in [0, 0.1) is 0 Å². The predicted molar refractivity (Wildman–Crippen MR) is 116 cm³/mol. The van der Waals surface area contributed by atoms with Crippen LogP contribution in [-0.4, -0.2) is 47.1 Å². The van der Waals surface area contributed by atoms with Gasteiger partial charge in [0.1, 0.15) is 0 Å². The third kappa shape index (κ3) is 4.09. The quantitative estimate of drug-likeness (QED) is 0.420. The van der Waals surface area contributed by atoms with E-state index in [0.29, 0.717) is 0 Å². The second-order valence-electron chi connectivity index (χ2n) is 7.05. The Morgan fingerprint density at radius 3 is 2.71 bits per heavy atom. The highest BCUT2D eigenvalue weighted by Gasteiger charge is 2.15. The molecule has 0 aliphatic carbocycles. The second-order valence-corrected chi connectivity index (χ2v) is 7.05. The zero-order chi connectivity index (χ0) is 19.2. The van der Waals surface area contributed by atoms with Gasteiger partial charge < -0.3 is 14.8 Å². The molecule has 5 nitrogen and oxygen atoms in total. The number of fused-ring (bicyclic) bond motifs is 1. The maximum Gasteiger partial charge on any atom is 0.193 e. The van der Waals surface area contributed by atoms with Crippen molar-refractivity contribution in [2.24, 2.45) is 4.99 Å². The van der Waals surface area contributed by atoms with Crippen LogP contribution >= 0.6 is 0 Å². The molecule has 2 aromatic carbocycles. The lowest BCUT2D eigenvalue weighted by Gasteiger charge is -2.29. The predicted octanol–water partition coefficient (Wildman–Crippen LogP) is 3.79. The molecule has 4 rings (SSSR count). The molecule has 0 atom stereocenters. The lowest BCUT2D eigenvalue weighted by Crippen LogP contribution is -2.43. The van der Waals surface area contributed by atoms with Crippen molar-refractivity contribution in [3.63, 3.8) is 0 Å². The van der Waals surface area contributed by atoms with Gasteiger partial charge in [0.2, 0.25) is 0 Å². The minimum absolute atomic E-state index is 0.894. The molecule has 144 valence electrons. The van der Waals surface area contributed by atoms with Crippen molar-refractivity contribution < 1.29 is 0 Å². The van der Waals surface area contributed by atoms with E-state index in [1.807, 2.05) is 19.4 Å². The number of imidazole rings is 1. The van der Waals surface area contributed by atoms with E-state index in [9.17, 15) is 0 Å². The lowest BCUT2D eigenvalue weighted by atomic mass is 10.00. The zero-order valence-corrected chi connectivity index (χ0v) is 16.4. The van der Waals surface area contributed by atoms with E-state index in [4.69, 9.17) is 0 Å². The third-order valence-electron chi connectivity index (χ3n) is 5.25. The normalized spacial score (nSPS) is 15.0. The van der Waals surface area contributed by atoms with E-state index in [1.165, 1.54) is 16.7 Å². The Morgan fingerprint density at radius 2 is 1.93 bits per heavy atom. The Kier molecular flexibility index (Phi) is 5.71. The molecular weight excluding hydrogens is 346 g/mol. The molecule has 0 radical (unpaired) electrons. The largest absolute Gasteiger partial charge is 0.356 e. The first kappa shape index (κ1) is 18.3. The molecule has 0 unspecified atom stereocenters. The summed E-state index contributed by atoms with van der Waals surface area (Å²) in [5.74, 6) is 0.985. The highest BCUT2D eigenvalue weighted by atomic mass is 15.3. The Hall–Kier alpha value is -3.08. The third-order valence-corrected chi connectivity index (χ3v) is 5.25. The van der Waals surface area contributed by atoms with Gasteiger partial charge in [0.05, 0.1) is 17.4 Å². The number of aliphatic imine (C=N–C) groups is 1. The first-order chi connectivity index (χ1) is 13.8. The van der Waals surface area contributed by atoms with Crippen molar-refractivity contribution in [3.05, 3.63) is 72.6 Å². The van der Waals surface area contributed by atoms with E-state index >= 15 is 0 Å². The summed E-state index contributed by atoms with van der Waals surface area (Å²) in [4.78, 5) is 11.3. The number of benzene rings is 2. The molecule has 0 fully saturated rings. The van der Waals surface area contributed by atoms with Crippen LogP contribution in [0.5, 0.6) is 0 Å². The highest BCUT2D eigenvalue weighted by Crippen LogP contribution is 2.22. The van der Waals surface area contributed by atoms with E-state index < -0.39 is 0 Å². The van der Waals surface area contributed by atoms with Gasteiger partial charge in [-0.05, 0) is 36.1 Å². The molecule has 0 amide bonds. The standard InChI is InChI=1S/C23H27N5/c1-24-23(27-16-12-20(13-17-27)19-8-3-2-4-9-19)25-14-7-15-28-18-26-21-10-5-6-11-22(21)28/h2-6,8-12,18H,7,13-17H2,1H3,(H,24,25). The van der Waals surface area contributed by atoms with Crippen LogP contribution in [0.25, 0.3) is 16.6 Å². The van der Waals surface area contributed by atoms with Gasteiger partial charge in [-0.1, -0.05) is 48.5 Å². The molecule has 1 N–H and O–H groups in total. The van der Waals surface area contributed by atoms with Crippen LogP contribution in [0.15, 0.2) is 72.0 Å². The number of hydrogen-bond acceptors (Lipinski definition) is 2.